The number of hydrogen-bond acceptors (Lipinski definition) is 5. The Morgan fingerprint density at radius 3 is 2.63 bits per heavy atom. The van der Waals surface area contributed by atoms with Gasteiger partial charge in [0.15, 0.2) is 0 Å². The summed E-state index contributed by atoms with van der Waals surface area (Å²) in [5, 5.41) is 12.5. The van der Waals surface area contributed by atoms with E-state index in [0.717, 1.165) is 44.1 Å². The van der Waals surface area contributed by atoms with E-state index in [9.17, 15) is 8.42 Å². The first-order chi connectivity index (χ1) is 12.5. The Morgan fingerprint density at radius 2 is 1.93 bits per heavy atom. The van der Waals surface area contributed by atoms with Crippen molar-refractivity contribution >= 4 is 34.0 Å². The Morgan fingerprint density at radius 1 is 1.19 bits per heavy atom. The minimum Gasteiger partial charge on any atom is -0.312 e. The summed E-state index contributed by atoms with van der Waals surface area (Å²) < 4.78 is 29.7. The molecule has 0 amide bonds. The van der Waals surface area contributed by atoms with Crippen molar-refractivity contribution in [2.45, 2.75) is 43.7 Å². The fraction of sp³-hybridized carbons (Fsp3) is 0.529. The average Bonchev–Trinajstić information content (AvgIpc) is 3.05. The third-order valence-electron chi connectivity index (χ3n) is 5.23. The van der Waals surface area contributed by atoms with Gasteiger partial charge in [0.2, 0.25) is 10.0 Å². The van der Waals surface area contributed by atoms with Crippen LogP contribution >= 0.6 is 24.0 Å². The Bertz CT molecular complexity index is 923. The first-order valence-corrected chi connectivity index (χ1v) is 10.7. The molecule has 27 heavy (non-hydrogen) atoms. The second-order valence-corrected chi connectivity index (χ2v) is 9.23. The summed E-state index contributed by atoms with van der Waals surface area (Å²) in [6.07, 6.45) is 1.52. The molecule has 1 aromatic heterocycles. The van der Waals surface area contributed by atoms with Crippen LogP contribution in [0.1, 0.15) is 36.0 Å². The summed E-state index contributed by atoms with van der Waals surface area (Å²) in [6, 6.07) is 4.92. The molecule has 148 valence electrons. The van der Waals surface area contributed by atoms with E-state index in [0.29, 0.717) is 28.6 Å². The monoisotopic (exact) mass is 431 g/mol. The van der Waals surface area contributed by atoms with Gasteiger partial charge in [0, 0.05) is 37.1 Å². The normalized spacial score (nSPS) is 18.7. The van der Waals surface area contributed by atoms with Crippen molar-refractivity contribution in [3.63, 3.8) is 0 Å². The van der Waals surface area contributed by atoms with Crippen LogP contribution in [0.2, 0.25) is 5.02 Å². The molecule has 0 bridgehead atoms. The molecule has 2 aliphatic rings. The van der Waals surface area contributed by atoms with E-state index in [4.69, 9.17) is 11.6 Å². The molecule has 10 heteroatoms. The van der Waals surface area contributed by atoms with E-state index in [-0.39, 0.29) is 18.3 Å². The van der Waals surface area contributed by atoms with E-state index < -0.39 is 10.0 Å². The number of aromatic nitrogens is 3. The molecule has 0 aliphatic carbocycles. The van der Waals surface area contributed by atoms with E-state index >= 15 is 0 Å². The lowest BCUT2D eigenvalue weighted by Crippen LogP contribution is -2.39. The number of benzene rings is 1. The number of nitrogens with zero attached hydrogens (tertiary/aromatic N) is 4. The zero-order valence-corrected chi connectivity index (χ0v) is 17.4. The summed E-state index contributed by atoms with van der Waals surface area (Å²) in [7, 11) is -3.50. The molecule has 3 heterocycles. The van der Waals surface area contributed by atoms with Crippen LogP contribution in [-0.4, -0.2) is 47.1 Å². The Kier molecular flexibility index (Phi) is 6.12. The summed E-state index contributed by atoms with van der Waals surface area (Å²) in [5.41, 5.74) is 0.679. The van der Waals surface area contributed by atoms with Gasteiger partial charge < -0.3 is 9.88 Å². The lowest BCUT2D eigenvalue weighted by Gasteiger charge is -2.31. The van der Waals surface area contributed by atoms with Crippen LogP contribution in [0.4, 0.5) is 0 Å². The standard InChI is InChI=1S/C17H22ClN5O2S.ClH/c1-12-10-14(18)2-3-15(12)26(24,25)22-7-4-13(5-8-22)17-21-20-16-11-19-6-9-23(16)17;/h2-3,10,13,19H,4-9,11H2,1H3;1H. The zero-order valence-electron chi connectivity index (χ0n) is 15.1. The smallest absolute Gasteiger partial charge is 0.243 e. The number of aryl methyl sites for hydroxylation is 1. The van der Waals surface area contributed by atoms with Crippen LogP contribution in [0.25, 0.3) is 0 Å². The minimum atomic E-state index is -3.50. The van der Waals surface area contributed by atoms with Crippen molar-refractivity contribution in [2.24, 2.45) is 0 Å². The number of hydrogen-bond donors (Lipinski definition) is 1. The van der Waals surface area contributed by atoms with Crippen molar-refractivity contribution < 1.29 is 8.42 Å². The minimum absolute atomic E-state index is 0. The highest BCUT2D eigenvalue weighted by Crippen LogP contribution is 2.31. The molecule has 0 saturated carbocycles. The fourth-order valence-corrected chi connectivity index (χ4v) is 5.71. The van der Waals surface area contributed by atoms with Crippen molar-refractivity contribution in [3.8, 4) is 0 Å². The van der Waals surface area contributed by atoms with E-state index in [2.05, 4.69) is 20.1 Å². The van der Waals surface area contributed by atoms with Crippen LogP contribution in [0.5, 0.6) is 0 Å². The van der Waals surface area contributed by atoms with Crippen LogP contribution in [0.15, 0.2) is 23.1 Å². The molecule has 0 unspecified atom stereocenters. The van der Waals surface area contributed by atoms with Crippen molar-refractivity contribution in [1.29, 1.82) is 0 Å². The average molecular weight is 432 g/mol. The van der Waals surface area contributed by atoms with Gasteiger partial charge in [-0.25, -0.2) is 8.42 Å². The first kappa shape index (κ1) is 20.5. The zero-order chi connectivity index (χ0) is 18.3. The van der Waals surface area contributed by atoms with Gasteiger partial charge in [0.1, 0.15) is 11.6 Å². The number of nitrogens with one attached hydrogen (secondary N) is 1. The molecule has 0 atom stereocenters. The highest BCUT2D eigenvalue weighted by molar-refractivity contribution is 7.89. The van der Waals surface area contributed by atoms with Crippen molar-refractivity contribution in [3.05, 3.63) is 40.4 Å². The van der Waals surface area contributed by atoms with Gasteiger partial charge in [-0.1, -0.05) is 11.6 Å². The summed E-state index contributed by atoms with van der Waals surface area (Å²) in [5.74, 6) is 2.23. The first-order valence-electron chi connectivity index (χ1n) is 8.86. The van der Waals surface area contributed by atoms with Crippen LogP contribution in [0.3, 0.4) is 0 Å². The highest BCUT2D eigenvalue weighted by atomic mass is 35.5. The maximum absolute atomic E-state index is 13.0. The molecule has 0 spiro atoms. The van der Waals surface area contributed by atoms with Gasteiger partial charge in [-0.2, -0.15) is 4.31 Å². The SMILES string of the molecule is Cc1cc(Cl)ccc1S(=O)(=O)N1CCC(c2nnc3n2CCNC3)CC1.Cl. The summed E-state index contributed by atoms with van der Waals surface area (Å²) in [4.78, 5) is 0.339. The molecule has 0 radical (unpaired) electrons. The Balaban J connectivity index is 0.00000210. The summed E-state index contributed by atoms with van der Waals surface area (Å²) in [6.45, 7) is 5.31. The Labute approximate surface area is 170 Å². The second-order valence-electron chi connectivity index (χ2n) is 6.89. The molecule has 1 saturated heterocycles. The van der Waals surface area contributed by atoms with Crippen LogP contribution in [0, 0.1) is 6.92 Å². The number of rotatable bonds is 3. The molecule has 4 rings (SSSR count). The van der Waals surface area contributed by atoms with Gasteiger partial charge >= 0.3 is 0 Å². The molecule has 2 aliphatic heterocycles. The quantitative estimate of drug-likeness (QED) is 0.806. The molecular weight excluding hydrogens is 409 g/mol. The van der Waals surface area contributed by atoms with E-state index in [1.165, 1.54) is 0 Å². The van der Waals surface area contributed by atoms with Crippen LogP contribution in [-0.2, 0) is 23.1 Å². The maximum atomic E-state index is 13.0. The van der Waals surface area contributed by atoms with Gasteiger partial charge in [-0.3, -0.25) is 0 Å². The predicted molar refractivity (Wildman–Crippen MR) is 106 cm³/mol. The Hall–Kier alpha value is -1.19. The number of sulfonamides is 1. The number of piperidine rings is 1. The number of fused-ring (bicyclic) bond motifs is 1. The number of halogens is 2. The third kappa shape index (κ3) is 3.86. The molecule has 1 aromatic carbocycles. The van der Waals surface area contributed by atoms with Gasteiger partial charge in [0.05, 0.1) is 11.4 Å². The predicted octanol–water partition coefficient (Wildman–Crippen LogP) is 2.33. The lowest BCUT2D eigenvalue weighted by molar-refractivity contribution is 0.307. The lowest BCUT2D eigenvalue weighted by atomic mass is 9.97. The van der Waals surface area contributed by atoms with E-state index in [1.807, 2.05) is 0 Å². The largest absolute Gasteiger partial charge is 0.312 e. The van der Waals surface area contributed by atoms with E-state index in [1.54, 1.807) is 29.4 Å². The van der Waals surface area contributed by atoms with Crippen molar-refractivity contribution in [2.75, 3.05) is 19.6 Å². The molecule has 1 fully saturated rings. The molecule has 7 nitrogen and oxygen atoms in total. The van der Waals surface area contributed by atoms with Gasteiger partial charge in [-0.15, -0.1) is 22.6 Å². The summed E-state index contributed by atoms with van der Waals surface area (Å²) >= 11 is 5.96. The fourth-order valence-electron chi connectivity index (χ4n) is 3.81. The molecule has 2 aromatic rings. The van der Waals surface area contributed by atoms with Crippen LogP contribution < -0.4 is 5.32 Å². The molecular formula is C17H23Cl2N5O2S. The topological polar surface area (TPSA) is 80.1 Å². The second kappa shape index (κ2) is 8.05. The molecule has 1 N–H and O–H groups in total. The maximum Gasteiger partial charge on any atom is 0.243 e. The van der Waals surface area contributed by atoms with Gasteiger partial charge in [-0.05, 0) is 43.5 Å². The van der Waals surface area contributed by atoms with Crippen molar-refractivity contribution in [1.82, 2.24) is 24.4 Å². The highest BCUT2D eigenvalue weighted by Gasteiger charge is 2.33. The van der Waals surface area contributed by atoms with Gasteiger partial charge in [0.25, 0.3) is 0 Å². The third-order valence-corrected chi connectivity index (χ3v) is 7.52.